The molecule has 0 unspecified atom stereocenters. The van der Waals surface area contributed by atoms with E-state index in [1.165, 1.54) is 24.3 Å². The Balaban J connectivity index is 1.54. The van der Waals surface area contributed by atoms with Gasteiger partial charge in [0.1, 0.15) is 0 Å². The monoisotopic (exact) mass is 451 g/mol. The molecule has 0 saturated heterocycles. The van der Waals surface area contributed by atoms with Gasteiger partial charge in [0.2, 0.25) is 5.91 Å². The quantitative estimate of drug-likeness (QED) is 0.484. The van der Waals surface area contributed by atoms with Gasteiger partial charge in [0.25, 0.3) is 15.9 Å². The Bertz CT molecular complexity index is 1190. The summed E-state index contributed by atoms with van der Waals surface area (Å²) in [6, 6.07) is 20.2. The van der Waals surface area contributed by atoms with Gasteiger partial charge in [-0.3, -0.25) is 14.3 Å². The van der Waals surface area contributed by atoms with Crippen LogP contribution in [0, 0.1) is 13.8 Å². The van der Waals surface area contributed by atoms with Crippen molar-refractivity contribution in [3.63, 3.8) is 0 Å². The molecule has 0 heterocycles. The summed E-state index contributed by atoms with van der Waals surface area (Å²) < 4.78 is 28.1. The fraction of sp³-hybridized carbons (Fsp3) is 0.167. The molecule has 3 aromatic carbocycles. The first-order valence-corrected chi connectivity index (χ1v) is 11.6. The number of sulfonamides is 1. The molecule has 0 aromatic heterocycles. The Kier molecular flexibility index (Phi) is 7.27. The van der Waals surface area contributed by atoms with E-state index in [4.69, 9.17) is 0 Å². The Morgan fingerprint density at radius 2 is 1.44 bits per heavy atom. The van der Waals surface area contributed by atoms with Gasteiger partial charge in [0, 0.05) is 24.2 Å². The van der Waals surface area contributed by atoms with Crippen LogP contribution in [0.25, 0.3) is 0 Å². The molecular weight excluding hydrogens is 426 g/mol. The zero-order valence-electron chi connectivity index (χ0n) is 17.9. The third kappa shape index (κ3) is 5.95. The minimum absolute atomic E-state index is 0.0900. The second kappa shape index (κ2) is 10.1. The lowest BCUT2D eigenvalue weighted by Crippen LogP contribution is -2.27. The summed E-state index contributed by atoms with van der Waals surface area (Å²) in [5.74, 6) is -0.535. The molecule has 3 aromatic rings. The molecule has 7 nitrogen and oxygen atoms in total. The lowest BCUT2D eigenvalue weighted by Gasteiger charge is -2.13. The Labute approximate surface area is 187 Å². The average Bonchev–Trinajstić information content (AvgIpc) is 2.77. The van der Waals surface area contributed by atoms with Crippen LogP contribution in [-0.4, -0.2) is 26.8 Å². The number of hydrogen-bond acceptors (Lipinski definition) is 4. The van der Waals surface area contributed by atoms with Gasteiger partial charge in [-0.05, 0) is 61.4 Å². The van der Waals surface area contributed by atoms with Gasteiger partial charge < -0.3 is 10.6 Å². The van der Waals surface area contributed by atoms with Crippen molar-refractivity contribution in [1.82, 2.24) is 5.32 Å². The van der Waals surface area contributed by atoms with Crippen molar-refractivity contribution in [3.05, 3.63) is 89.5 Å². The van der Waals surface area contributed by atoms with Gasteiger partial charge in [-0.2, -0.15) is 0 Å². The molecule has 3 rings (SSSR count). The third-order valence-corrected chi connectivity index (χ3v) is 6.21. The van der Waals surface area contributed by atoms with Gasteiger partial charge in [-0.15, -0.1) is 0 Å². The number of aryl methyl sites for hydroxylation is 2. The van der Waals surface area contributed by atoms with E-state index < -0.39 is 10.0 Å². The van der Waals surface area contributed by atoms with Crippen LogP contribution in [0.4, 0.5) is 11.4 Å². The lowest BCUT2D eigenvalue weighted by atomic mass is 10.1. The summed E-state index contributed by atoms with van der Waals surface area (Å²) in [6.07, 6.45) is 0.0900. The first-order valence-electron chi connectivity index (χ1n) is 10.1. The van der Waals surface area contributed by atoms with Crippen molar-refractivity contribution in [2.24, 2.45) is 0 Å². The van der Waals surface area contributed by atoms with Crippen LogP contribution >= 0.6 is 0 Å². The first-order chi connectivity index (χ1) is 15.3. The molecule has 32 heavy (non-hydrogen) atoms. The number of para-hydroxylation sites is 1. The third-order valence-electron chi connectivity index (χ3n) is 4.84. The maximum atomic E-state index is 12.7. The number of amides is 2. The number of carbonyl (C=O) groups is 2. The highest BCUT2D eigenvalue weighted by Gasteiger charge is 2.16. The molecule has 0 aliphatic rings. The minimum atomic E-state index is -3.76. The molecule has 0 radical (unpaired) electrons. The highest BCUT2D eigenvalue weighted by Crippen LogP contribution is 2.24. The van der Waals surface area contributed by atoms with Gasteiger partial charge in [0.15, 0.2) is 0 Å². The van der Waals surface area contributed by atoms with Crippen LogP contribution in [0.15, 0.2) is 77.7 Å². The molecular formula is C24H25N3O4S. The van der Waals surface area contributed by atoms with E-state index in [-0.39, 0.29) is 29.7 Å². The number of anilines is 2. The number of carbonyl (C=O) groups excluding carboxylic acids is 2. The molecule has 0 spiro atoms. The van der Waals surface area contributed by atoms with E-state index in [0.29, 0.717) is 16.9 Å². The largest absolute Gasteiger partial charge is 0.352 e. The molecule has 0 atom stereocenters. The fourth-order valence-corrected chi connectivity index (χ4v) is 4.29. The Morgan fingerprint density at radius 1 is 0.812 bits per heavy atom. The summed E-state index contributed by atoms with van der Waals surface area (Å²) in [5.41, 5.74) is 3.21. The molecule has 2 amide bonds. The van der Waals surface area contributed by atoms with Gasteiger partial charge in [-0.25, -0.2) is 8.42 Å². The van der Waals surface area contributed by atoms with Crippen molar-refractivity contribution in [2.75, 3.05) is 16.6 Å². The minimum Gasteiger partial charge on any atom is -0.352 e. The van der Waals surface area contributed by atoms with E-state index in [0.717, 1.165) is 11.1 Å². The molecule has 0 aliphatic heterocycles. The van der Waals surface area contributed by atoms with Crippen LogP contribution in [0.5, 0.6) is 0 Å². The van der Waals surface area contributed by atoms with Crippen molar-refractivity contribution in [2.45, 2.75) is 25.2 Å². The van der Waals surface area contributed by atoms with Crippen LogP contribution in [0.3, 0.4) is 0 Å². The summed E-state index contributed by atoms with van der Waals surface area (Å²) in [7, 11) is -3.76. The number of benzene rings is 3. The van der Waals surface area contributed by atoms with E-state index in [2.05, 4.69) is 15.4 Å². The molecule has 3 N–H and O–H groups in total. The molecule has 0 aliphatic carbocycles. The van der Waals surface area contributed by atoms with Crippen molar-refractivity contribution in [1.29, 1.82) is 0 Å². The van der Waals surface area contributed by atoms with Crippen molar-refractivity contribution >= 4 is 33.2 Å². The first kappa shape index (κ1) is 23.0. The number of rotatable bonds is 8. The summed E-state index contributed by atoms with van der Waals surface area (Å²) in [4.78, 5) is 24.2. The Morgan fingerprint density at radius 3 is 2.06 bits per heavy atom. The number of hydrogen-bond donors (Lipinski definition) is 3. The smallest absolute Gasteiger partial charge is 0.261 e. The fourth-order valence-electron chi connectivity index (χ4n) is 3.09. The molecule has 166 valence electrons. The van der Waals surface area contributed by atoms with Gasteiger partial charge in [-0.1, -0.05) is 36.4 Å². The summed E-state index contributed by atoms with van der Waals surface area (Å²) >= 11 is 0. The maximum Gasteiger partial charge on any atom is 0.261 e. The normalized spacial score (nSPS) is 10.9. The molecule has 8 heteroatoms. The molecule has 0 saturated carbocycles. The SMILES string of the molecule is Cc1cccc(C)c1NS(=O)(=O)c1ccc(NC(=O)CCNC(=O)c2ccccc2)cc1. The van der Waals surface area contributed by atoms with E-state index in [9.17, 15) is 18.0 Å². The second-order valence-corrected chi connectivity index (χ2v) is 9.00. The zero-order chi connectivity index (χ0) is 23.1. The van der Waals surface area contributed by atoms with Gasteiger partial charge >= 0.3 is 0 Å². The summed E-state index contributed by atoms with van der Waals surface area (Å²) in [5, 5.41) is 5.39. The molecule has 0 bridgehead atoms. The predicted octanol–water partition coefficient (Wildman–Crippen LogP) is 3.86. The second-order valence-electron chi connectivity index (χ2n) is 7.32. The zero-order valence-corrected chi connectivity index (χ0v) is 18.7. The molecule has 0 fully saturated rings. The van der Waals surface area contributed by atoms with Crippen LogP contribution in [-0.2, 0) is 14.8 Å². The topological polar surface area (TPSA) is 104 Å². The van der Waals surface area contributed by atoms with Gasteiger partial charge in [0.05, 0.1) is 10.6 Å². The Hall–Kier alpha value is -3.65. The maximum absolute atomic E-state index is 12.7. The van der Waals surface area contributed by atoms with Crippen LogP contribution in [0.1, 0.15) is 27.9 Å². The van der Waals surface area contributed by atoms with E-state index >= 15 is 0 Å². The van der Waals surface area contributed by atoms with Crippen LogP contribution in [0.2, 0.25) is 0 Å². The van der Waals surface area contributed by atoms with Crippen molar-refractivity contribution in [3.8, 4) is 0 Å². The van der Waals surface area contributed by atoms with Crippen LogP contribution < -0.4 is 15.4 Å². The number of nitrogens with one attached hydrogen (secondary N) is 3. The van der Waals surface area contributed by atoms with E-state index in [1.807, 2.05) is 38.1 Å². The van der Waals surface area contributed by atoms with Crippen molar-refractivity contribution < 1.29 is 18.0 Å². The lowest BCUT2D eigenvalue weighted by molar-refractivity contribution is -0.116. The standard InChI is InChI=1S/C24H25N3O4S/c1-17-7-6-8-18(2)23(17)27-32(30,31)21-13-11-20(12-14-21)26-22(28)15-16-25-24(29)19-9-4-3-5-10-19/h3-14,27H,15-16H2,1-2H3,(H,25,29)(H,26,28). The van der Waals surface area contributed by atoms with E-state index in [1.54, 1.807) is 24.3 Å². The average molecular weight is 452 g/mol. The predicted molar refractivity (Wildman–Crippen MR) is 125 cm³/mol. The summed E-state index contributed by atoms with van der Waals surface area (Å²) in [6.45, 7) is 3.86. The highest BCUT2D eigenvalue weighted by molar-refractivity contribution is 7.92. The highest BCUT2D eigenvalue weighted by atomic mass is 32.2.